The van der Waals surface area contributed by atoms with Crippen LogP contribution in [0.3, 0.4) is 0 Å². The molecule has 0 bridgehead atoms. The second-order valence-electron chi connectivity index (χ2n) is 5.74. The first-order valence-corrected chi connectivity index (χ1v) is 10.1. The monoisotopic (exact) mass is 401 g/mol. The Hall–Kier alpha value is -2.42. The fourth-order valence-corrected chi connectivity index (χ4v) is 3.86. The van der Waals surface area contributed by atoms with E-state index in [1.165, 1.54) is 7.11 Å². The van der Waals surface area contributed by atoms with Gasteiger partial charge in [-0.15, -0.1) is 12.3 Å². The predicted octanol–water partition coefficient (Wildman–Crippen LogP) is 3.18. The molecular weight excluding hydrogens is 377 g/mol. The van der Waals surface area contributed by atoms with Crippen molar-refractivity contribution in [1.29, 1.82) is 0 Å². The van der Waals surface area contributed by atoms with Gasteiger partial charge in [-0.05, 0) is 24.3 Å². The Morgan fingerprint density at radius 2 is 1.82 bits per heavy atom. The molecule has 2 aromatic rings. The molecule has 0 spiro atoms. The van der Waals surface area contributed by atoms with E-state index in [1.54, 1.807) is 36.4 Å². The van der Waals surface area contributed by atoms with E-state index in [2.05, 4.69) is 11.0 Å². The number of nitrogens with one attached hydrogen (secondary N) is 1. The highest BCUT2D eigenvalue weighted by atomic mass is 31.2. The van der Waals surface area contributed by atoms with E-state index in [0.717, 1.165) is 0 Å². The summed E-state index contributed by atoms with van der Waals surface area (Å²) in [6, 6.07) is 17.9. The first kappa shape index (κ1) is 21.9. The fraction of sp³-hybridized carbons (Fsp3) is 0.286. The number of esters is 1. The maximum Gasteiger partial charge on any atom is 0.338 e. The van der Waals surface area contributed by atoms with Gasteiger partial charge >= 0.3 is 5.97 Å². The van der Waals surface area contributed by atoms with E-state index < -0.39 is 26.2 Å². The fourth-order valence-electron chi connectivity index (χ4n) is 2.31. The molecule has 0 heterocycles. The first-order chi connectivity index (χ1) is 13.7. The molecule has 0 saturated carbocycles. The zero-order valence-electron chi connectivity index (χ0n) is 15.7. The molecule has 0 aliphatic rings. The smallest absolute Gasteiger partial charge is 0.338 e. The lowest BCUT2D eigenvalue weighted by atomic mass is 10.2. The molecule has 2 rings (SSSR count). The van der Waals surface area contributed by atoms with Crippen molar-refractivity contribution in [3.05, 3.63) is 66.2 Å². The number of aliphatic hydroxyl groups is 1. The van der Waals surface area contributed by atoms with E-state index in [4.69, 9.17) is 20.4 Å². The van der Waals surface area contributed by atoms with Gasteiger partial charge in [-0.2, -0.15) is 0 Å². The molecule has 2 aromatic carbocycles. The minimum absolute atomic E-state index is 0.129. The minimum Gasteiger partial charge on any atom is -0.461 e. The number of benzene rings is 2. The van der Waals surface area contributed by atoms with Gasteiger partial charge in [-0.3, -0.25) is 5.09 Å². The Morgan fingerprint density at radius 1 is 1.18 bits per heavy atom. The van der Waals surface area contributed by atoms with Crippen LogP contribution in [0.15, 0.2) is 60.7 Å². The maximum atomic E-state index is 12.0. The van der Waals surface area contributed by atoms with Crippen molar-refractivity contribution in [2.45, 2.75) is 18.4 Å². The van der Waals surface area contributed by atoms with Gasteiger partial charge in [0, 0.05) is 20.1 Å². The normalized spacial score (nSPS) is 13.8. The van der Waals surface area contributed by atoms with Gasteiger partial charge in [0.1, 0.15) is 24.3 Å². The van der Waals surface area contributed by atoms with Crippen molar-refractivity contribution < 1.29 is 23.9 Å². The minimum atomic E-state index is -1.55. The quantitative estimate of drug-likeness (QED) is 0.261. The summed E-state index contributed by atoms with van der Waals surface area (Å²) in [6.45, 7) is 0.435. The molecule has 3 atom stereocenters. The van der Waals surface area contributed by atoms with Gasteiger partial charge < -0.3 is 19.1 Å². The molecule has 0 aromatic heterocycles. The lowest BCUT2D eigenvalue weighted by Crippen LogP contribution is -2.33. The van der Waals surface area contributed by atoms with E-state index in [-0.39, 0.29) is 13.0 Å². The third-order valence-corrected chi connectivity index (χ3v) is 5.51. The first-order valence-electron chi connectivity index (χ1n) is 8.78. The number of carbonyl (C=O) groups excluding carboxylic acids is 1. The number of aliphatic hydroxyl groups excluding tert-OH is 1. The van der Waals surface area contributed by atoms with Crippen LogP contribution in [0, 0.1) is 12.3 Å². The van der Waals surface area contributed by atoms with Gasteiger partial charge in [0.25, 0.3) is 0 Å². The summed E-state index contributed by atoms with van der Waals surface area (Å²) in [7, 11) is -0.0574. The molecule has 6 nitrogen and oxygen atoms in total. The molecule has 7 heteroatoms. The molecular formula is C21H24NO5P. The van der Waals surface area contributed by atoms with Gasteiger partial charge in [0.2, 0.25) is 0 Å². The van der Waals surface area contributed by atoms with E-state index in [1.807, 2.05) is 24.3 Å². The Balaban J connectivity index is 1.93. The molecule has 3 unspecified atom stereocenters. The number of ether oxygens (including phenoxy) is 2. The summed E-state index contributed by atoms with van der Waals surface area (Å²) in [5.41, 5.74) is 0.485. The highest BCUT2D eigenvalue weighted by Gasteiger charge is 2.30. The van der Waals surface area contributed by atoms with Crippen molar-refractivity contribution in [3.8, 4) is 18.1 Å². The Kier molecular flexibility index (Phi) is 9.47. The van der Waals surface area contributed by atoms with Crippen LogP contribution < -0.4 is 9.61 Å². The standard InChI is InChI=1S/C21H24NO5P/c1-3-10-19(25-2)21(24)28(27-18-13-8-5-9-14-18)22-15-16-26-20(23)17-11-6-4-7-12-17/h1,4-9,11-14,19,21-22,24H,10,15-16H2,2H3. The molecule has 148 valence electrons. The van der Waals surface area contributed by atoms with Crippen LogP contribution in [0.5, 0.6) is 5.75 Å². The van der Waals surface area contributed by atoms with E-state index in [0.29, 0.717) is 17.9 Å². The summed E-state index contributed by atoms with van der Waals surface area (Å²) < 4.78 is 16.5. The number of terminal acetylenes is 1. The van der Waals surface area contributed by atoms with Crippen LogP contribution in [-0.2, 0) is 9.47 Å². The molecule has 0 fully saturated rings. The summed E-state index contributed by atoms with van der Waals surface area (Å²) >= 11 is 0. The lowest BCUT2D eigenvalue weighted by molar-refractivity contribution is 0.0289. The van der Waals surface area contributed by atoms with Crippen LogP contribution in [0.25, 0.3) is 0 Å². The Bertz CT molecular complexity index is 750. The topological polar surface area (TPSA) is 77.0 Å². The van der Waals surface area contributed by atoms with Crippen molar-refractivity contribution in [2.75, 3.05) is 20.3 Å². The molecule has 2 N–H and O–H groups in total. The van der Waals surface area contributed by atoms with Gasteiger partial charge in [0.05, 0.1) is 5.56 Å². The molecule has 28 heavy (non-hydrogen) atoms. The Morgan fingerprint density at radius 3 is 2.43 bits per heavy atom. The van der Waals surface area contributed by atoms with Crippen molar-refractivity contribution >= 4 is 14.3 Å². The third-order valence-electron chi connectivity index (χ3n) is 3.75. The molecule has 0 aliphatic heterocycles. The average molecular weight is 401 g/mol. The maximum absolute atomic E-state index is 12.0. The van der Waals surface area contributed by atoms with Crippen molar-refractivity contribution in [1.82, 2.24) is 5.09 Å². The number of methoxy groups -OCH3 is 1. The lowest BCUT2D eigenvalue weighted by Gasteiger charge is -2.28. The van der Waals surface area contributed by atoms with Crippen LogP contribution in [0.1, 0.15) is 16.8 Å². The molecule has 0 radical (unpaired) electrons. The summed E-state index contributed by atoms with van der Waals surface area (Å²) in [5, 5.41) is 13.8. The van der Waals surface area contributed by atoms with E-state index in [9.17, 15) is 9.90 Å². The van der Waals surface area contributed by atoms with Crippen molar-refractivity contribution in [2.24, 2.45) is 0 Å². The number of para-hydroxylation sites is 1. The average Bonchev–Trinajstić information content (AvgIpc) is 2.74. The number of carbonyl (C=O) groups is 1. The van der Waals surface area contributed by atoms with E-state index >= 15 is 0 Å². The molecule has 0 saturated heterocycles. The number of hydrogen-bond donors (Lipinski definition) is 2. The zero-order chi connectivity index (χ0) is 20.2. The zero-order valence-corrected chi connectivity index (χ0v) is 16.5. The number of hydrogen-bond acceptors (Lipinski definition) is 6. The van der Waals surface area contributed by atoms with Crippen molar-refractivity contribution in [3.63, 3.8) is 0 Å². The highest BCUT2D eigenvalue weighted by molar-refractivity contribution is 7.51. The SMILES string of the molecule is C#CCC(OC)C(O)P(NCCOC(=O)c1ccccc1)Oc1ccccc1. The van der Waals surface area contributed by atoms with Crippen LogP contribution in [-0.4, -0.2) is 43.3 Å². The Labute approximate surface area is 166 Å². The highest BCUT2D eigenvalue weighted by Crippen LogP contribution is 2.40. The van der Waals surface area contributed by atoms with Gasteiger partial charge in [0.15, 0.2) is 8.30 Å². The van der Waals surface area contributed by atoms with Crippen LogP contribution >= 0.6 is 8.30 Å². The summed E-state index contributed by atoms with van der Waals surface area (Å²) in [5.74, 6) is 1.74. The molecule has 0 aliphatic carbocycles. The van der Waals surface area contributed by atoms with Gasteiger partial charge in [-0.25, -0.2) is 4.79 Å². The predicted molar refractivity (Wildman–Crippen MR) is 109 cm³/mol. The summed E-state index contributed by atoms with van der Waals surface area (Å²) in [6.07, 6.45) is 5.03. The van der Waals surface area contributed by atoms with Crippen LogP contribution in [0.4, 0.5) is 0 Å². The number of rotatable bonds is 11. The van der Waals surface area contributed by atoms with Crippen LogP contribution in [0.2, 0.25) is 0 Å². The third kappa shape index (κ3) is 6.95. The summed E-state index contributed by atoms with van der Waals surface area (Å²) in [4.78, 5) is 12.0. The molecule has 0 amide bonds. The largest absolute Gasteiger partial charge is 0.461 e. The van der Waals surface area contributed by atoms with Gasteiger partial charge in [-0.1, -0.05) is 36.4 Å². The second kappa shape index (κ2) is 12.1. The second-order valence-corrected chi connectivity index (χ2v) is 7.42.